The van der Waals surface area contributed by atoms with Crippen molar-refractivity contribution in [3.05, 3.63) is 34.3 Å². The maximum atomic E-state index is 11.3. The van der Waals surface area contributed by atoms with Gasteiger partial charge >= 0.3 is 5.97 Å². The van der Waals surface area contributed by atoms with E-state index in [1.807, 2.05) is 6.07 Å². The third kappa shape index (κ3) is 2.24. The zero-order chi connectivity index (χ0) is 10.6. The summed E-state index contributed by atoms with van der Waals surface area (Å²) in [4.78, 5) is 11.3. The molecule has 0 heterocycles. The highest BCUT2D eigenvalue weighted by Gasteiger charge is 2.11. The van der Waals surface area contributed by atoms with Crippen LogP contribution in [0.5, 0.6) is 0 Å². The number of ether oxygens (including phenoxy) is 1. The Hall–Kier alpha value is -1.53. The van der Waals surface area contributed by atoms with Crippen molar-refractivity contribution in [3.8, 4) is 6.07 Å². The molecule has 0 amide bonds. The first-order valence-electron chi connectivity index (χ1n) is 4.05. The molecule has 0 aromatic heterocycles. The van der Waals surface area contributed by atoms with E-state index in [2.05, 4.69) is 0 Å². The second-order valence-electron chi connectivity index (χ2n) is 2.53. The summed E-state index contributed by atoms with van der Waals surface area (Å²) >= 11 is 5.77. The molecule has 0 aliphatic heterocycles. The predicted octanol–water partition coefficient (Wildman–Crippen LogP) is 2.39. The summed E-state index contributed by atoms with van der Waals surface area (Å²) in [6.45, 7) is 1.99. The number of benzene rings is 1. The fourth-order valence-corrected chi connectivity index (χ4v) is 1.15. The molecule has 4 heteroatoms. The second-order valence-corrected chi connectivity index (χ2v) is 2.93. The quantitative estimate of drug-likeness (QED) is 0.703. The number of rotatable bonds is 2. The first-order chi connectivity index (χ1) is 6.69. The molecule has 1 rings (SSSR count). The molecule has 1 aromatic carbocycles. The minimum Gasteiger partial charge on any atom is -0.462 e. The van der Waals surface area contributed by atoms with Crippen molar-refractivity contribution in [2.45, 2.75) is 6.92 Å². The molecule has 0 saturated carbocycles. The smallest absolute Gasteiger partial charge is 0.339 e. The van der Waals surface area contributed by atoms with E-state index < -0.39 is 5.97 Å². The lowest BCUT2D eigenvalue weighted by molar-refractivity contribution is 0.0526. The Morgan fingerprint density at radius 2 is 2.36 bits per heavy atom. The van der Waals surface area contributed by atoms with Gasteiger partial charge in [0.05, 0.1) is 28.8 Å². The number of esters is 1. The van der Waals surface area contributed by atoms with Gasteiger partial charge < -0.3 is 4.74 Å². The van der Waals surface area contributed by atoms with Gasteiger partial charge in [-0.3, -0.25) is 0 Å². The number of carbonyl (C=O) groups is 1. The monoisotopic (exact) mass is 209 g/mol. The van der Waals surface area contributed by atoms with Gasteiger partial charge in [0.15, 0.2) is 0 Å². The van der Waals surface area contributed by atoms with Crippen LogP contribution in [0, 0.1) is 11.3 Å². The third-order valence-corrected chi connectivity index (χ3v) is 1.92. The summed E-state index contributed by atoms with van der Waals surface area (Å²) in [6, 6.07) is 6.40. The molecule has 0 N–H and O–H groups in total. The lowest BCUT2D eigenvalue weighted by Crippen LogP contribution is -2.05. The zero-order valence-electron chi connectivity index (χ0n) is 7.58. The maximum absolute atomic E-state index is 11.3. The van der Waals surface area contributed by atoms with Crippen molar-refractivity contribution in [1.82, 2.24) is 0 Å². The second kappa shape index (κ2) is 4.64. The zero-order valence-corrected chi connectivity index (χ0v) is 8.34. The molecule has 0 unspecified atom stereocenters. The Labute approximate surface area is 86.9 Å². The molecule has 0 radical (unpaired) electrons. The van der Waals surface area contributed by atoms with Crippen molar-refractivity contribution in [3.63, 3.8) is 0 Å². The van der Waals surface area contributed by atoms with E-state index in [1.54, 1.807) is 13.0 Å². The molecule has 3 nitrogen and oxygen atoms in total. The topological polar surface area (TPSA) is 50.1 Å². The van der Waals surface area contributed by atoms with Crippen LogP contribution >= 0.6 is 11.6 Å². The van der Waals surface area contributed by atoms with Gasteiger partial charge in [0.25, 0.3) is 0 Å². The van der Waals surface area contributed by atoms with Crippen LogP contribution in [-0.4, -0.2) is 12.6 Å². The highest BCUT2D eigenvalue weighted by atomic mass is 35.5. The Morgan fingerprint density at radius 1 is 1.64 bits per heavy atom. The van der Waals surface area contributed by atoms with Crippen LogP contribution in [0.3, 0.4) is 0 Å². The SMILES string of the molecule is CCOC(=O)c1cc(C#N)ccc1Cl. The van der Waals surface area contributed by atoms with E-state index in [-0.39, 0.29) is 12.2 Å². The highest BCUT2D eigenvalue weighted by Crippen LogP contribution is 2.18. The molecule has 72 valence electrons. The van der Waals surface area contributed by atoms with Gasteiger partial charge in [0.2, 0.25) is 0 Å². The van der Waals surface area contributed by atoms with Gasteiger partial charge in [-0.1, -0.05) is 11.6 Å². The van der Waals surface area contributed by atoms with E-state index >= 15 is 0 Å². The molecule has 0 bridgehead atoms. The summed E-state index contributed by atoms with van der Waals surface area (Å²) in [5.41, 5.74) is 0.616. The number of halogens is 1. The lowest BCUT2D eigenvalue weighted by atomic mass is 10.1. The largest absolute Gasteiger partial charge is 0.462 e. The molecular formula is C10H8ClNO2. The average molecular weight is 210 g/mol. The van der Waals surface area contributed by atoms with Crippen LogP contribution in [0.25, 0.3) is 0 Å². The normalized spacial score (nSPS) is 9.21. The molecular weight excluding hydrogens is 202 g/mol. The van der Waals surface area contributed by atoms with Crippen LogP contribution in [-0.2, 0) is 4.74 Å². The maximum Gasteiger partial charge on any atom is 0.339 e. The van der Waals surface area contributed by atoms with E-state index in [9.17, 15) is 4.79 Å². The van der Waals surface area contributed by atoms with E-state index in [1.165, 1.54) is 12.1 Å². The van der Waals surface area contributed by atoms with E-state index in [0.717, 1.165) is 0 Å². The lowest BCUT2D eigenvalue weighted by Gasteiger charge is -2.03. The van der Waals surface area contributed by atoms with Crippen molar-refractivity contribution in [2.24, 2.45) is 0 Å². The van der Waals surface area contributed by atoms with Gasteiger partial charge in [0.1, 0.15) is 0 Å². The molecule has 0 aliphatic rings. The van der Waals surface area contributed by atoms with E-state index in [0.29, 0.717) is 10.6 Å². The Kier molecular flexibility index (Phi) is 3.49. The van der Waals surface area contributed by atoms with Crippen LogP contribution in [0.4, 0.5) is 0 Å². The molecule has 0 saturated heterocycles. The fourth-order valence-electron chi connectivity index (χ4n) is 0.960. The molecule has 1 aromatic rings. The third-order valence-electron chi connectivity index (χ3n) is 1.59. The number of hydrogen-bond acceptors (Lipinski definition) is 3. The molecule has 14 heavy (non-hydrogen) atoms. The number of hydrogen-bond donors (Lipinski definition) is 0. The minimum absolute atomic E-state index is 0.229. The van der Waals surface area contributed by atoms with Crippen LogP contribution in [0.2, 0.25) is 5.02 Å². The van der Waals surface area contributed by atoms with Crippen molar-refractivity contribution in [1.29, 1.82) is 5.26 Å². The van der Waals surface area contributed by atoms with Crippen LogP contribution in [0.1, 0.15) is 22.8 Å². The first kappa shape index (κ1) is 10.6. The minimum atomic E-state index is -0.505. The summed E-state index contributed by atoms with van der Waals surface area (Å²) in [5, 5.41) is 8.91. The van der Waals surface area contributed by atoms with Crippen molar-refractivity contribution in [2.75, 3.05) is 6.61 Å². The average Bonchev–Trinajstić information content (AvgIpc) is 2.19. The number of nitrogens with zero attached hydrogens (tertiary/aromatic N) is 1. The standard InChI is InChI=1S/C10H8ClNO2/c1-2-14-10(13)8-5-7(6-12)3-4-9(8)11/h3-5H,2H2,1H3. The van der Waals surface area contributed by atoms with Crippen LogP contribution < -0.4 is 0 Å². The van der Waals surface area contributed by atoms with Gasteiger partial charge in [-0.2, -0.15) is 5.26 Å². The molecule has 0 spiro atoms. The first-order valence-corrected chi connectivity index (χ1v) is 4.43. The van der Waals surface area contributed by atoms with Gasteiger partial charge in [-0.15, -0.1) is 0 Å². The highest BCUT2D eigenvalue weighted by molar-refractivity contribution is 6.33. The van der Waals surface area contributed by atoms with Crippen molar-refractivity contribution >= 4 is 17.6 Å². The number of carbonyl (C=O) groups excluding carboxylic acids is 1. The van der Waals surface area contributed by atoms with E-state index in [4.69, 9.17) is 21.6 Å². The Morgan fingerprint density at radius 3 is 2.93 bits per heavy atom. The summed E-state index contributed by atoms with van der Waals surface area (Å²) < 4.78 is 4.78. The van der Waals surface area contributed by atoms with Gasteiger partial charge in [0, 0.05) is 0 Å². The molecule has 0 aliphatic carbocycles. The van der Waals surface area contributed by atoms with Crippen molar-refractivity contribution < 1.29 is 9.53 Å². The summed E-state index contributed by atoms with van der Waals surface area (Å²) in [7, 11) is 0. The fraction of sp³-hybridized carbons (Fsp3) is 0.200. The summed E-state index contributed by atoms with van der Waals surface area (Å²) in [6.07, 6.45) is 0. The van der Waals surface area contributed by atoms with Gasteiger partial charge in [-0.05, 0) is 25.1 Å². The summed E-state index contributed by atoms with van der Waals surface area (Å²) in [5.74, 6) is -0.505. The van der Waals surface area contributed by atoms with Gasteiger partial charge in [-0.25, -0.2) is 4.79 Å². The Balaban J connectivity index is 3.07. The predicted molar refractivity (Wildman–Crippen MR) is 52.1 cm³/mol. The molecule has 0 fully saturated rings. The Bertz CT molecular complexity index is 396. The molecule has 0 atom stereocenters. The number of nitriles is 1. The van der Waals surface area contributed by atoms with Crippen LogP contribution in [0.15, 0.2) is 18.2 Å².